The summed E-state index contributed by atoms with van der Waals surface area (Å²) in [5.74, 6) is 0. The van der Waals surface area contributed by atoms with Crippen LogP contribution in [0.1, 0.15) is 0 Å². The maximum Gasteiger partial charge on any atom is 0.140 e. The molecule has 0 bridgehead atoms. The van der Waals surface area contributed by atoms with E-state index in [1.165, 1.54) is 0 Å². The average Bonchev–Trinajstić information content (AvgIpc) is 2.29. The molecular weight excluding hydrogens is 274 g/mol. The summed E-state index contributed by atoms with van der Waals surface area (Å²) in [6, 6.07) is 14.3. The zero-order valence-corrected chi connectivity index (χ0v) is 11.6. The molecule has 88 valence electrons. The molecule has 0 aliphatic heterocycles. The van der Waals surface area contributed by atoms with Crippen molar-refractivity contribution in [1.29, 1.82) is 0 Å². The Balaban J connectivity index is 2.53. The van der Waals surface area contributed by atoms with E-state index in [1.54, 1.807) is 43.1 Å². The van der Waals surface area contributed by atoms with Gasteiger partial charge in [-0.3, -0.25) is 0 Å². The molecule has 0 atom stereocenters. The Bertz CT molecular complexity index is 546. The Morgan fingerprint density at radius 1 is 0.882 bits per heavy atom. The first-order chi connectivity index (χ1) is 8.00. The number of hydrogen-bond acceptors (Lipinski definition) is 1. The summed E-state index contributed by atoms with van der Waals surface area (Å²) in [4.78, 5) is 0. The van der Waals surface area contributed by atoms with E-state index in [1.807, 2.05) is 12.1 Å². The van der Waals surface area contributed by atoms with Gasteiger partial charge in [-0.15, -0.1) is 0 Å². The summed E-state index contributed by atoms with van der Waals surface area (Å²) in [5.41, 5.74) is 0. The van der Waals surface area contributed by atoms with Gasteiger partial charge in [0.2, 0.25) is 0 Å². The Morgan fingerprint density at radius 2 is 1.29 bits per heavy atom. The van der Waals surface area contributed by atoms with Crippen LogP contribution in [-0.4, -0.2) is 6.66 Å². The van der Waals surface area contributed by atoms with Crippen molar-refractivity contribution >= 4 is 41.0 Å². The first-order valence-electron chi connectivity index (χ1n) is 5.10. The summed E-state index contributed by atoms with van der Waals surface area (Å²) in [7, 11) is -2.62. The van der Waals surface area contributed by atoms with Gasteiger partial charge in [-0.2, -0.15) is 0 Å². The van der Waals surface area contributed by atoms with Crippen molar-refractivity contribution in [3.05, 3.63) is 58.6 Å². The molecule has 4 heteroatoms. The number of hydrogen-bond donors (Lipinski definition) is 0. The second kappa shape index (κ2) is 4.86. The molecule has 0 aliphatic carbocycles. The average molecular weight is 285 g/mol. The van der Waals surface area contributed by atoms with Crippen LogP contribution in [0.4, 0.5) is 0 Å². The van der Waals surface area contributed by atoms with Crippen LogP contribution in [0.2, 0.25) is 10.0 Å². The third-order valence-electron chi connectivity index (χ3n) is 2.60. The highest BCUT2D eigenvalue weighted by atomic mass is 35.5. The molecule has 0 fully saturated rings. The Morgan fingerprint density at radius 3 is 1.65 bits per heavy atom. The lowest BCUT2D eigenvalue weighted by molar-refractivity contribution is 0.590. The van der Waals surface area contributed by atoms with E-state index in [0.29, 0.717) is 10.0 Å². The number of halogens is 2. The first kappa shape index (κ1) is 12.7. The summed E-state index contributed by atoms with van der Waals surface area (Å²) in [6.07, 6.45) is 0. The van der Waals surface area contributed by atoms with Crippen molar-refractivity contribution in [2.75, 3.05) is 6.66 Å². The monoisotopic (exact) mass is 284 g/mol. The van der Waals surface area contributed by atoms with Crippen molar-refractivity contribution in [2.24, 2.45) is 0 Å². The molecule has 0 N–H and O–H groups in total. The molecule has 0 aliphatic rings. The third kappa shape index (κ3) is 2.74. The Labute approximate surface area is 111 Å². The van der Waals surface area contributed by atoms with E-state index < -0.39 is 7.14 Å². The fourth-order valence-electron chi connectivity index (χ4n) is 1.63. The van der Waals surface area contributed by atoms with Crippen LogP contribution in [0.5, 0.6) is 0 Å². The van der Waals surface area contributed by atoms with Crippen LogP contribution in [0.3, 0.4) is 0 Å². The molecule has 0 unspecified atom stereocenters. The second-order valence-corrected chi connectivity index (χ2v) is 7.64. The van der Waals surface area contributed by atoms with Crippen molar-refractivity contribution in [3.63, 3.8) is 0 Å². The molecule has 0 spiro atoms. The van der Waals surface area contributed by atoms with Gasteiger partial charge in [-0.1, -0.05) is 47.5 Å². The summed E-state index contributed by atoms with van der Waals surface area (Å²) in [5, 5.41) is 2.66. The summed E-state index contributed by atoms with van der Waals surface area (Å²) < 4.78 is 12.8. The molecule has 1 nitrogen and oxygen atoms in total. The molecule has 0 aromatic heterocycles. The molecule has 2 aromatic rings. The third-order valence-corrected chi connectivity index (χ3v) is 5.60. The van der Waals surface area contributed by atoms with Crippen LogP contribution < -0.4 is 10.6 Å². The van der Waals surface area contributed by atoms with Gasteiger partial charge < -0.3 is 4.57 Å². The largest absolute Gasteiger partial charge is 0.314 e. The van der Waals surface area contributed by atoms with Crippen LogP contribution >= 0.6 is 30.3 Å². The predicted octanol–water partition coefficient (Wildman–Crippen LogP) is 3.94. The van der Waals surface area contributed by atoms with E-state index in [9.17, 15) is 4.57 Å². The lowest BCUT2D eigenvalue weighted by Crippen LogP contribution is -2.14. The van der Waals surface area contributed by atoms with Gasteiger partial charge in [0.05, 0.1) is 0 Å². The lowest BCUT2D eigenvalue weighted by Gasteiger charge is -2.14. The predicted molar refractivity (Wildman–Crippen MR) is 75.7 cm³/mol. The van der Waals surface area contributed by atoms with E-state index in [0.717, 1.165) is 10.6 Å². The van der Waals surface area contributed by atoms with Crippen LogP contribution in [0.15, 0.2) is 48.5 Å². The van der Waals surface area contributed by atoms with Crippen LogP contribution in [-0.2, 0) is 4.57 Å². The van der Waals surface area contributed by atoms with E-state index in [2.05, 4.69) is 0 Å². The summed E-state index contributed by atoms with van der Waals surface area (Å²) >= 11 is 11.8. The molecule has 2 rings (SSSR count). The molecule has 0 saturated heterocycles. The van der Waals surface area contributed by atoms with Crippen molar-refractivity contribution < 1.29 is 4.57 Å². The van der Waals surface area contributed by atoms with Crippen molar-refractivity contribution in [3.8, 4) is 0 Å². The van der Waals surface area contributed by atoms with Gasteiger partial charge in [0.25, 0.3) is 0 Å². The van der Waals surface area contributed by atoms with E-state index >= 15 is 0 Å². The first-order valence-corrected chi connectivity index (χ1v) is 8.01. The smallest absolute Gasteiger partial charge is 0.140 e. The van der Waals surface area contributed by atoms with Gasteiger partial charge in [0.1, 0.15) is 7.14 Å². The molecular formula is C13H11Cl2OP. The highest BCUT2D eigenvalue weighted by Crippen LogP contribution is 2.39. The standard InChI is InChI=1S/C13H11Cl2OP/c1-17(16,12-6-2-4-10(14)8-12)13-7-3-5-11(15)9-13/h2-9H,1H3. The SMILES string of the molecule is CP(=O)(c1cccc(Cl)c1)c1cccc(Cl)c1. The topological polar surface area (TPSA) is 17.1 Å². The highest BCUT2D eigenvalue weighted by molar-refractivity contribution is 7.78. The van der Waals surface area contributed by atoms with Crippen molar-refractivity contribution in [1.82, 2.24) is 0 Å². The molecule has 0 amide bonds. The van der Waals surface area contributed by atoms with Gasteiger partial charge >= 0.3 is 0 Å². The molecule has 0 radical (unpaired) electrons. The number of rotatable bonds is 2. The second-order valence-electron chi connectivity index (χ2n) is 3.88. The van der Waals surface area contributed by atoms with Crippen LogP contribution in [0.25, 0.3) is 0 Å². The minimum Gasteiger partial charge on any atom is -0.314 e. The Hall–Kier alpha value is -0.750. The fraction of sp³-hybridized carbons (Fsp3) is 0.0769. The molecule has 0 heterocycles. The van der Waals surface area contributed by atoms with Crippen LogP contribution in [0, 0.1) is 0 Å². The minimum absolute atomic E-state index is 0.589. The number of benzene rings is 2. The van der Waals surface area contributed by atoms with E-state index in [4.69, 9.17) is 23.2 Å². The van der Waals surface area contributed by atoms with Gasteiger partial charge in [0, 0.05) is 20.7 Å². The zero-order valence-electron chi connectivity index (χ0n) is 9.23. The highest BCUT2D eigenvalue weighted by Gasteiger charge is 2.21. The van der Waals surface area contributed by atoms with Gasteiger partial charge in [-0.25, -0.2) is 0 Å². The van der Waals surface area contributed by atoms with Gasteiger partial charge in [0.15, 0.2) is 0 Å². The Kier molecular flexibility index (Phi) is 3.63. The quantitative estimate of drug-likeness (QED) is 0.764. The molecule has 0 saturated carbocycles. The fourth-order valence-corrected chi connectivity index (χ4v) is 3.97. The van der Waals surface area contributed by atoms with E-state index in [-0.39, 0.29) is 0 Å². The molecule has 17 heavy (non-hydrogen) atoms. The minimum atomic E-state index is -2.62. The zero-order chi connectivity index (χ0) is 12.5. The lowest BCUT2D eigenvalue weighted by atomic mass is 10.4. The normalized spacial score (nSPS) is 11.5. The maximum atomic E-state index is 12.8. The maximum absolute atomic E-state index is 12.8. The summed E-state index contributed by atoms with van der Waals surface area (Å²) in [6.45, 7) is 1.73. The molecule has 2 aromatic carbocycles. The van der Waals surface area contributed by atoms with Crippen molar-refractivity contribution in [2.45, 2.75) is 0 Å². The van der Waals surface area contributed by atoms with Gasteiger partial charge in [-0.05, 0) is 30.9 Å².